The molecule has 1 unspecified atom stereocenters. The molecular weight excluding hydrogens is 513 g/mol. The van der Waals surface area contributed by atoms with Gasteiger partial charge in [-0.25, -0.2) is 4.98 Å². The van der Waals surface area contributed by atoms with Crippen molar-refractivity contribution in [2.45, 2.75) is 39.4 Å². The predicted octanol–water partition coefficient (Wildman–Crippen LogP) is 4.38. The molecule has 32 heavy (non-hydrogen) atoms. The molecule has 0 bridgehead atoms. The van der Waals surface area contributed by atoms with E-state index in [-0.39, 0.29) is 24.0 Å². The van der Waals surface area contributed by atoms with E-state index in [2.05, 4.69) is 75.8 Å². The molecule has 1 atom stereocenters. The number of hydrogen-bond acceptors (Lipinski definition) is 4. The number of aryl methyl sites for hydroxylation is 1. The summed E-state index contributed by atoms with van der Waals surface area (Å²) in [5.41, 5.74) is 5.97. The van der Waals surface area contributed by atoms with Gasteiger partial charge in [0.05, 0.1) is 12.2 Å². The second kappa shape index (κ2) is 11.5. The van der Waals surface area contributed by atoms with E-state index in [9.17, 15) is 0 Å². The summed E-state index contributed by atoms with van der Waals surface area (Å²) >= 11 is 0. The quantitative estimate of drug-likeness (QED) is 0.274. The van der Waals surface area contributed by atoms with Crippen molar-refractivity contribution in [2.75, 3.05) is 20.1 Å². The molecule has 6 nitrogen and oxygen atoms in total. The number of oxazole rings is 1. The second-order valence-electron chi connectivity index (χ2n) is 8.15. The summed E-state index contributed by atoms with van der Waals surface area (Å²) < 4.78 is 5.64. The molecule has 2 heterocycles. The maximum absolute atomic E-state index is 5.64. The van der Waals surface area contributed by atoms with Crippen molar-refractivity contribution >= 4 is 29.9 Å². The molecule has 0 amide bonds. The minimum atomic E-state index is 0. The fourth-order valence-corrected chi connectivity index (χ4v) is 3.88. The van der Waals surface area contributed by atoms with Crippen molar-refractivity contribution in [3.8, 4) is 11.5 Å². The van der Waals surface area contributed by atoms with E-state index in [1.807, 2.05) is 12.1 Å². The molecule has 2 aromatic carbocycles. The second-order valence-corrected chi connectivity index (χ2v) is 8.15. The number of rotatable bonds is 6. The highest BCUT2D eigenvalue weighted by Gasteiger charge is 2.20. The number of aromatic nitrogens is 1. The summed E-state index contributed by atoms with van der Waals surface area (Å²) in [4.78, 5) is 11.5. The average Bonchev–Trinajstić information content (AvgIpc) is 3.28. The largest absolute Gasteiger partial charge is 0.444 e. The maximum atomic E-state index is 5.64. The Morgan fingerprint density at radius 3 is 2.62 bits per heavy atom. The number of benzene rings is 2. The van der Waals surface area contributed by atoms with Crippen molar-refractivity contribution in [3.63, 3.8) is 0 Å². The summed E-state index contributed by atoms with van der Waals surface area (Å²) in [6.07, 6.45) is 2.81. The van der Waals surface area contributed by atoms with Gasteiger partial charge in [0.25, 0.3) is 0 Å². The molecule has 1 aliphatic heterocycles. The van der Waals surface area contributed by atoms with E-state index >= 15 is 0 Å². The van der Waals surface area contributed by atoms with E-state index in [1.54, 1.807) is 13.3 Å². The van der Waals surface area contributed by atoms with Crippen LogP contribution in [0.4, 0.5) is 0 Å². The first kappa shape index (κ1) is 24.3. The third-order valence-corrected chi connectivity index (χ3v) is 5.86. The summed E-state index contributed by atoms with van der Waals surface area (Å²) in [5.74, 6) is 1.41. The minimum Gasteiger partial charge on any atom is -0.444 e. The predicted molar refractivity (Wildman–Crippen MR) is 140 cm³/mol. The number of halogens is 1. The van der Waals surface area contributed by atoms with Crippen LogP contribution in [0.1, 0.15) is 29.3 Å². The van der Waals surface area contributed by atoms with Gasteiger partial charge >= 0.3 is 0 Å². The smallest absolute Gasteiger partial charge is 0.226 e. The zero-order valence-corrected chi connectivity index (χ0v) is 21.3. The lowest BCUT2D eigenvalue weighted by molar-refractivity contribution is 0.191. The van der Waals surface area contributed by atoms with E-state index in [4.69, 9.17) is 4.42 Å². The van der Waals surface area contributed by atoms with Crippen LogP contribution in [0.5, 0.6) is 0 Å². The summed E-state index contributed by atoms with van der Waals surface area (Å²) in [5, 5.41) is 6.78. The molecule has 2 N–H and O–H groups in total. The van der Waals surface area contributed by atoms with Crippen molar-refractivity contribution in [1.29, 1.82) is 0 Å². The van der Waals surface area contributed by atoms with Crippen molar-refractivity contribution < 1.29 is 4.42 Å². The monoisotopic (exact) mass is 545 g/mol. The zero-order valence-electron chi connectivity index (χ0n) is 19.0. The Kier molecular flexibility index (Phi) is 8.69. The van der Waals surface area contributed by atoms with E-state index < -0.39 is 0 Å². The number of hydrogen-bond donors (Lipinski definition) is 2. The highest BCUT2D eigenvalue weighted by molar-refractivity contribution is 14.0. The molecule has 0 fully saturated rings. The maximum Gasteiger partial charge on any atom is 0.226 e. The third-order valence-electron chi connectivity index (χ3n) is 5.86. The minimum absolute atomic E-state index is 0. The molecule has 1 aromatic heterocycles. The van der Waals surface area contributed by atoms with Crippen LogP contribution in [0.25, 0.3) is 11.5 Å². The molecule has 0 spiro atoms. The van der Waals surface area contributed by atoms with Gasteiger partial charge in [0.2, 0.25) is 5.89 Å². The van der Waals surface area contributed by atoms with Crippen LogP contribution in [0.2, 0.25) is 0 Å². The van der Waals surface area contributed by atoms with Gasteiger partial charge in [-0.1, -0.05) is 42.0 Å². The Morgan fingerprint density at radius 2 is 1.88 bits per heavy atom. The Balaban J connectivity index is 0.00000289. The van der Waals surface area contributed by atoms with Gasteiger partial charge in [0, 0.05) is 38.3 Å². The lowest BCUT2D eigenvalue weighted by Crippen LogP contribution is -2.47. The van der Waals surface area contributed by atoms with E-state index in [0.717, 1.165) is 43.3 Å². The van der Waals surface area contributed by atoms with Gasteiger partial charge in [-0.15, -0.1) is 24.0 Å². The van der Waals surface area contributed by atoms with Crippen LogP contribution < -0.4 is 10.6 Å². The van der Waals surface area contributed by atoms with Crippen molar-refractivity contribution in [2.24, 2.45) is 4.99 Å². The molecule has 170 valence electrons. The summed E-state index contributed by atoms with van der Waals surface area (Å²) in [6.45, 7) is 7.81. The van der Waals surface area contributed by atoms with Crippen LogP contribution in [0, 0.1) is 6.92 Å². The van der Waals surface area contributed by atoms with Gasteiger partial charge in [-0.2, -0.15) is 0 Å². The van der Waals surface area contributed by atoms with Crippen LogP contribution in [0.15, 0.2) is 64.2 Å². The van der Waals surface area contributed by atoms with Crippen molar-refractivity contribution in [3.05, 3.63) is 77.2 Å². The number of fused-ring (bicyclic) bond motifs is 1. The number of aliphatic imine (C=N–C) groups is 1. The van der Waals surface area contributed by atoms with Crippen LogP contribution in [-0.2, 0) is 19.5 Å². The lowest BCUT2D eigenvalue weighted by atomic mass is 9.99. The molecule has 0 saturated heterocycles. The third kappa shape index (κ3) is 6.10. The van der Waals surface area contributed by atoms with Gasteiger partial charge < -0.3 is 15.1 Å². The first-order valence-corrected chi connectivity index (χ1v) is 10.9. The molecule has 0 aliphatic carbocycles. The Hall–Kier alpha value is -2.39. The normalized spacial score (nSPS) is 14.9. The first-order chi connectivity index (χ1) is 15.1. The van der Waals surface area contributed by atoms with Gasteiger partial charge in [-0.3, -0.25) is 9.89 Å². The Morgan fingerprint density at radius 1 is 1.12 bits per heavy atom. The highest BCUT2D eigenvalue weighted by atomic mass is 127. The molecule has 0 saturated carbocycles. The Labute approximate surface area is 207 Å². The van der Waals surface area contributed by atoms with Crippen molar-refractivity contribution in [1.82, 2.24) is 20.5 Å². The number of nitrogens with one attached hydrogen (secondary N) is 2. The van der Waals surface area contributed by atoms with Crippen LogP contribution >= 0.6 is 24.0 Å². The molecule has 3 aromatic rings. The topological polar surface area (TPSA) is 65.7 Å². The molecular formula is C25H32IN5O. The molecule has 4 rings (SSSR count). The van der Waals surface area contributed by atoms with E-state index in [0.29, 0.717) is 18.5 Å². The summed E-state index contributed by atoms with van der Waals surface area (Å²) in [6, 6.07) is 17.3. The van der Waals surface area contributed by atoms with Crippen LogP contribution in [-0.4, -0.2) is 42.0 Å². The lowest BCUT2D eigenvalue weighted by Gasteiger charge is -2.34. The highest BCUT2D eigenvalue weighted by Crippen LogP contribution is 2.20. The number of guanidine groups is 1. The number of nitrogens with zero attached hydrogens (tertiary/aromatic N) is 3. The Bertz CT molecular complexity index is 1030. The molecule has 7 heteroatoms. The fraction of sp³-hybridized carbons (Fsp3) is 0.360. The average molecular weight is 545 g/mol. The fourth-order valence-electron chi connectivity index (χ4n) is 3.88. The van der Waals surface area contributed by atoms with Gasteiger partial charge in [-0.05, 0) is 43.5 Å². The van der Waals surface area contributed by atoms with Gasteiger partial charge in [0.15, 0.2) is 5.96 Å². The molecule has 0 radical (unpaired) electrons. The first-order valence-electron chi connectivity index (χ1n) is 10.9. The van der Waals surface area contributed by atoms with Gasteiger partial charge in [0.1, 0.15) is 6.26 Å². The SMILES string of the molecule is CN=C(NCc1coc(-c2ccc(C)cc2)n1)NCC(C)N1CCc2ccccc2C1.I. The molecule has 1 aliphatic rings. The van der Waals surface area contributed by atoms with Crippen LogP contribution in [0.3, 0.4) is 0 Å². The van der Waals surface area contributed by atoms with E-state index in [1.165, 1.54) is 16.7 Å². The zero-order chi connectivity index (χ0) is 21.6. The standard InChI is InChI=1S/C25H31N5O.HI/c1-18-8-10-21(11-9-18)24-29-23(17-31-24)15-28-25(26-3)27-14-19(2)30-13-12-20-6-4-5-7-22(20)16-30;/h4-11,17,19H,12-16H2,1-3H3,(H2,26,27,28);1H. The summed E-state index contributed by atoms with van der Waals surface area (Å²) in [7, 11) is 1.79.